The van der Waals surface area contributed by atoms with E-state index in [4.69, 9.17) is 9.72 Å². The van der Waals surface area contributed by atoms with Gasteiger partial charge in [0.15, 0.2) is 11.6 Å². The zero-order valence-electron chi connectivity index (χ0n) is 25.4. The summed E-state index contributed by atoms with van der Waals surface area (Å²) in [4.78, 5) is 43.0. The molecule has 0 aliphatic heterocycles. The predicted molar refractivity (Wildman–Crippen MR) is 166 cm³/mol. The number of fused-ring (bicyclic) bond motifs is 2. The van der Waals surface area contributed by atoms with E-state index in [2.05, 4.69) is 53.7 Å². The number of benzene rings is 3. The van der Waals surface area contributed by atoms with Gasteiger partial charge in [0.05, 0.1) is 17.9 Å². The molecule has 0 unspecified atom stereocenters. The minimum atomic E-state index is -1.25. The minimum Gasteiger partial charge on any atom is -0.507 e. The van der Waals surface area contributed by atoms with E-state index in [1.165, 1.54) is 18.2 Å². The third-order valence-corrected chi connectivity index (χ3v) is 7.98. The topological polar surface area (TPSA) is 114 Å². The van der Waals surface area contributed by atoms with Gasteiger partial charge in [0, 0.05) is 16.5 Å². The fourth-order valence-electron chi connectivity index (χ4n) is 5.74. The van der Waals surface area contributed by atoms with E-state index < -0.39 is 23.5 Å². The summed E-state index contributed by atoms with van der Waals surface area (Å²) in [6.45, 7) is 13.0. The molecule has 0 bridgehead atoms. The van der Waals surface area contributed by atoms with E-state index in [1.54, 1.807) is 12.1 Å². The molecule has 7 heteroatoms. The number of pyridine rings is 1. The molecule has 0 saturated carbocycles. The van der Waals surface area contributed by atoms with Crippen LogP contribution in [0, 0.1) is 0 Å². The summed E-state index contributed by atoms with van der Waals surface area (Å²) in [6.07, 6.45) is 1.48. The second-order valence-corrected chi connectivity index (χ2v) is 13.3. The zero-order chi connectivity index (χ0) is 31.3. The van der Waals surface area contributed by atoms with Gasteiger partial charge in [-0.1, -0.05) is 84.0 Å². The normalized spacial score (nSPS) is 15.2. The van der Waals surface area contributed by atoms with Crippen LogP contribution in [0.15, 0.2) is 60.7 Å². The number of aromatic nitrogens is 1. The van der Waals surface area contributed by atoms with Gasteiger partial charge in [0.1, 0.15) is 22.9 Å². The van der Waals surface area contributed by atoms with Crippen LogP contribution in [0.3, 0.4) is 0 Å². The summed E-state index contributed by atoms with van der Waals surface area (Å²) in [5, 5.41) is 21.4. The number of ketones is 2. The summed E-state index contributed by atoms with van der Waals surface area (Å²) in [5.41, 5.74) is 3.24. The molecule has 0 radical (unpaired) electrons. The molecule has 222 valence electrons. The smallest absolute Gasteiger partial charge is 0.336 e. The fourth-order valence-corrected chi connectivity index (χ4v) is 5.74. The summed E-state index contributed by atoms with van der Waals surface area (Å²) in [5.74, 6) is -2.56. The number of carboxylic acid groups (broad SMARTS) is 1. The predicted octanol–water partition coefficient (Wildman–Crippen LogP) is 7.41. The van der Waals surface area contributed by atoms with Crippen molar-refractivity contribution in [3.63, 3.8) is 0 Å². The second kappa shape index (κ2) is 11.0. The van der Waals surface area contributed by atoms with E-state index >= 15 is 0 Å². The van der Waals surface area contributed by atoms with E-state index in [1.807, 2.05) is 18.2 Å². The average Bonchev–Trinajstić information content (AvgIpc) is 3.19. The quantitative estimate of drug-likeness (QED) is 0.173. The Labute approximate surface area is 251 Å². The van der Waals surface area contributed by atoms with Crippen molar-refractivity contribution in [1.29, 1.82) is 0 Å². The number of phenolic OH excluding ortho intramolecular Hbond substituents is 1. The highest BCUT2D eigenvalue weighted by Gasteiger charge is 2.43. The van der Waals surface area contributed by atoms with Crippen LogP contribution in [0.4, 0.5) is 0 Å². The number of Topliss-reactive ketones (excluding diaryl/α,β-unsaturated/α-hetero) is 2. The van der Waals surface area contributed by atoms with Gasteiger partial charge in [-0.3, -0.25) is 9.59 Å². The van der Waals surface area contributed by atoms with Crippen LogP contribution in [0.2, 0.25) is 0 Å². The molecule has 43 heavy (non-hydrogen) atoms. The van der Waals surface area contributed by atoms with Crippen LogP contribution in [-0.2, 0) is 17.3 Å². The molecule has 0 spiro atoms. The van der Waals surface area contributed by atoms with Crippen LogP contribution in [-0.4, -0.2) is 39.3 Å². The molecule has 2 N–H and O–H groups in total. The maximum Gasteiger partial charge on any atom is 0.336 e. The number of aryl methyl sites for hydroxylation is 1. The lowest BCUT2D eigenvalue weighted by Gasteiger charge is -2.28. The molecule has 4 aromatic rings. The molecular weight excluding hydrogens is 542 g/mol. The fraction of sp³-hybridized carbons (Fsp3) is 0.333. The number of hydrogen-bond donors (Lipinski definition) is 2. The number of carbonyl (C=O) groups is 3. The first-order valence-electron chi connectivity index (χ1n) is 14.5. The molecule has 5 rings (SSSR count). The van der Waals surface area contributed by atoms with Gasteiger partial charge in [-0.25, -0.2) is 9.78 Å². The first kappa shape index (κ1) is 30.0. The largest absolute Gasteiger partial charge is 0.507 e. The van der Waals surface area contributed by atoms with Gasteiger partial charge in [-0.15, -0.1) is 0 Å². The van der Waals surface area contributed by atoms with Gasteiger partial charge in [-0.05, 0) is 58.6 Å². The summed E-state index contributed by atoms with van der Waals surface area (Å²) < 4.78 is 6.18. The Bertz CT molecular complexity index is 1740. The third-order valence-electron chi connectivity index (χ3n) is 7.98. The maximum absolute atomic E-state index is 13.3. The van der Waals surface area contributed by atoms with E-state index in [0.29, 0.717) is 23.6 Å². The van der Waals surface area contributed by atoms with E-state index in [0.717, 1.165) is 34.9 Å². The Morgan fingerprint density at radius 3 is 2.16 bits per heavy atom. The highest BCUT2D eigenvalue weighted by Crippen LogP contribution is 2.40. The first-order valence-corrected chi connectivity index (χ1v) is 14.5. The Balaban J connectivity index is 1.37. The molecule has 1 aliphatic carbocycles. The van der Waals surface area contributed by atoms with Crippen LogP contribution in [0.5, 0.6) is 11.5 Å². The number of carbonyl (C=O) groups excluding carboxylic acids is 2. The molecule has 7 nitrogen and oxygen atoms in total. The summed E-state index contributed by atoms with van der Waals surface area (Å²) >= 11 is 0. The number of ether oxygens (including phenoxy) is 1. The number of phenols is 1. The highest BCUT2D eigenvalue weighted by molar-refractivity contribution is 6.31. The summed E-state index contributed by atoms with van der Waals surface area (Å²) in [6, 6.07) is 17.5. The van der Waals surface area contributed by atoms with Gasteiger partial charge in [0.2, 0.25) is 0 Å². The third kappa shape index (κ3) is 5.64. The van der Waals surface area contributed by atoms with Crippen molar-refractivity contribution in [3.8, 4) is 11.5 Å². The van der Waals surface area contributed by atoms with Crippen LogP contribution in [0.1, 0.15) is 107 Å². The van der Waals surface area contributed by atoms with Gasteiger partial charge < -0.3 is 14.9 Å². The van der Waals surface area contributed by atoms with Gasteiger partial charge in [0.25, 0.3) is 0 Å². The Morgan fingerprint density at radius 1 is 0.884 bits per heavy atom. The standard InChI is InChI=1S/C36H37NO6/c1-35(2,3)24-18-20(19-25(32(24)39)36(4,5)6)10-9-17-43-27-14-7-11-21-15-16-26(37-30(21)27)29-31(38)22-12-8-13-23(34(41)42)28(22)33(29)40/h7-8,11-16,18-19,29,39H,9-10,17H2,1-6H3,(H,41,42)/t29-/m1/s1. The Kier molecular flexibility index (Phi) is 7.63. The minimum absolute atomic E-state index is 0.0603. The molecule has 1 aliphatic rings. The molecule has 1 aromatic heterocycles. The number of carboxylic acids is 1. The molecule has 0 fully saturated rings. The molecule has 0 saturated heterocycles. The number of rotatable bonds is 7. The Morgan fingerprint density at radius 2 is 1.53 bits per heavy atom. The van der Waals surface area contributed by atoms with Crippen molar-refractivity contribution in [3.05, 3.63) is 99.7 Å². The lowest BCUT2D eigenvalue weighted by molar-refractivity contribution is 0.0691. The van der Waals surface area contributed by atoms with Crippen molar-refractivity contribution in [2.75, 3.05) is 6.61 Å². The van der Waals surface area contributed by atoms with Crippen molar-refractivity contribution < 1.29 is 29.3 Å². The van der Waals surface area contributed by atoms with Crippen LogP contribution in [0.25, 0.3) is 10.9 Å². The number of aromatic hydroxyl groups is 1. The second-order valence-electron chi connectivity index (χ2n) is 13.3. The van der Waals surface area contributed by atoms with E-state index in [-0.39, 0.29) is 33.2 Å². The monoisotopic (exact) mass is 579 g/mol. The van der Waals surface area contributed by atoms with Crippen molar-refractivity contribution >= 4 is 28.4 Å². The maximum atomic E-state index is 13.3. The molecule has 1 heterocycles. The molecule has 0 amide bonds. The molecule has 1 atom stereocenters. The van der Waals surface area contributed by atoms with Crippen molar-refractivity contribution in [2.45, 2.75) is 71.1 Å². The lowest BCUT2D eigenvalue weighted by Crippen LogP contribution is -2.18. The van der Waals surface area contributed by atoms with Crippen molar-refractivity contribution in [2.24, 2.45) is 0 Å². The number of aromatic carboxylic acids is 1. The van der Waals surface area contributed by atoms with Crippen LogP contribution < -0.4 is 4.74 Å². The molecule has 3 aromatic carbocycles. The summed E-state index contributed by atoms with van der Waals surface area (Å²) in [7, 11) is 0. The highest BCUT2D eigenvalue weighted by atomic mass is 16.5. The Hall–Kier alpha value is -4.52. The molecular formula is C36H37NO6. The first-order chi connectivity index (χ1) is 20.2. The number of para-hydroxylation sites is 1. The zero-order valence-corrected chi connectivity index (χ0v) is 25.4. The van der Waals surface area contributed by atoms with Crippen molar-refractivity contribution in [1.82, 2.24) is 4.98 Å². The van der Waals surface area contributed by atoms with Gasteiger partial charge >= 0.3 is 5.97 Å². The number of hydrogen-bond acceptors (Lipinski definition) is 6. The number of nitrogens with zero attached hydrogens (tertiary/aromatic N) is 1. The lowest BCUT2D eigenvalue weighted by atomic mass is 9.78. The average molecular weight is 580 g/mol. The van der Waals surface area contributed by atoms with Gasteiger partial charge in [-0.2, -0.15) is 0 Å². The van der Waals surface area contributed by atoms with E-state index in [9.17, 15) is 24.6 Å². The SMILES string of the molecule is CC(C)(C)c1cc(CCCOc2cccc3ccc([C@@H]4C(=O)c5cccc(C(=O)O)c5C4=O)nc23)cc(C(C)(C)C)c1O. The van der Waals surface area contributed by atoms with Crippen LogP contribution >= 0.6 is 0 Å².